The van der Waals surface area contributed by atoms with Crippen LogP contribution in [0, 0.1) is 0 Å². The fourth-order valence-electron chi connectivity index (χ4n) is 0.620. The topological polar surface area (TPSA) is 61.8 Å². The molecule has 0 radical (unpaired) electrons. The Morgan fingerprint density at radius 2 is 2.00 bits per heavy atom. The van der Waals surface area contributed by atoms with Gasteiger partial charge in [-0.15, -0.1) is 0 Å². The zero-order valence-electron chi connectivity index (χ0n) is 8.15. The van der Waals surface area contributed by atoms with Crippen LogP contribution in [-0.4, -0.2) is 38.9 Å². The highest BCUT2D eigenvalue weighted by molar-refractivity contribution is 5.81. The number of ether oxygens (including phenoxy) is 3. The molecule has 0 bridgehead atoms. The van der Waals surface area contributed by atoms with Gasteiger partial charge in [0.15, 0.2) is 0 Å². The van der Waals surface area contributed by atoms with Crippen LogP contribution in [0.4, 0.5) is 0 Å². The van der Waals surface area contributed by atoms with Gasteiger partial charge in [-0.05, 0) is 0 Å². The second kappa shape index (κ2) is 8.25. The normalized spacial score (nSPS) is 9.21. The maximum atomic E-state index is 10.6. The average Bonchev–Trinajstić information content (AvgIpc) is 2.22. The third kappa shape index (κ3) is 7.30. The molecule has 0 atom stereocenters. The van der Waals surface area contributed by atoms with Gasteiger partial charge in [-0.25, -0.2) is 4.79 Å². The smallest absolute Gasteiger partial charge is 0.330 e. The van der Waals surface area contributed by atoms with E-state index in [-0.39, 0.29) is 32.2 Å². The lowest BCUT2D eigenvalue weighted by atomic mass is 10.5. The Kier molecular flexibility index (Phi) is 7.45. The molecule has 5 heteroatoms. The van der Waals surface area contributed by atoms with Crippen molar-refractivity contribution in [2.24, 2.45) is 0 Å². The van der Waals surface area contributed by atoms with Gasteiger partial charge in [-0.1, -0.05) is 6.58 Å². The molecule has 0 amide bonds. The molecule has 0 saturated heterocycles. The van der Waals surface area contributed by atoms with Crippen LogP contribution in [0.2, 0.25) is 0 Å². The minimum Gasteiger partial charge on any atom is -0.469 e. The molecule has 0 saturated carbocycles. The largest absolute Gasteiger partial charge is 0.469 e. The van der Waals surface area contributed by atoms with Gasteiger partial charge in [0.2, 0.25) is 0 Å². The first-order valence-corrected chi connectivity index (χ1v) is 4.14. The van der Waals surface area contributed by atoms with Crippen molar-refractivity contribution in [1.82, 2.24) is 0 Å². The monoisotopic (exact) mass is 202 g/mol. The predicted molar refractivity (Wildman–Crippen MR) is 48.6 cm³/mol. The van der Waals surface area contributed by atoms with Crippen molar-refractivity contribution >= 4 is 11.9 Å². The Morgan fingerprint density at radius 3 is 2.57 bits per heavy atom. The number of methoxy groups -OCH3 is 1. The molecule has 0 aromatic carbocycles. The molecule has 0 aliphatic heterocycles. The maximum Gasteiger partial charge on any atom is 0.330 e. The molecule has 0 rings (SSSR count). The number of carbonyl (C=O) groups is 2. The van der Waals surface area contributed by atoms with E-state index in [1.54, 1.807) is 0 Å². The molecule has 0 aromatic heterocycles. The van der Waals surface area contributed by atoms with Crippen LogP contribution in [0.15, 0.2) is 12.7 Å². The molecule has 0 aliphatic rings. The molecule has 0 N–H and O–H groups in total. The number of rotatable bonds is 7. The van der Waals surface area contributed by atoms with Gasteiger partial charge in [-0.2, -0.15) is 0 Å². The summed E-state index contributed by atoms with van der Waals surface area (Å²) in [5, 5.41) is 0. The number of carbonyl (C=O) groups excluding carboxylic acids is 2. The van der Waals surface area contributed by atoms with E-state index >= 15 is 0 Å². The highest BCUT2D eigenvalue weighted by Gasteiger charge is 1.99. The summed E-state index contributed by atoms with van der Waals surface area (Å²) < 4.78 is 14.0. The SMILES string of the molecule is C=CC(=O)OCCOCCC(=O)OC. The highest BCUT2D eigenvalue weighted by Crippen LogP contribution is 1.87. The minimum absolute atomic E-state index is 0.159. The lowest BCUT2D eigenvalue weighted by Crippen LogP contribution is -2.11. The molecular weight excluding hydrogens is 188 g/mol. The summed E-state index contributed by atoms with van der Waals surface area (Å²) in [6.45, 7) is 3.91. The second-order valence-corrected chi connectivity index (χ2v) is 2.31. The van der Waals surface area contributed by atoms with Gasteiger partial charge in [-0.3, -0.25) is 4.79 Å². The van der Waals surface area contributed by atoms with E-state index in [4.69, 9.17) is 4.74 Å². The average molecular weight is 202 g/mol. The van der Waals surface area contributed by atoms with Crippen molar-refractivity contribution < 1.29 is 23.8 Å². The van der Waals surface area contributed by atoms with Crippen LogP contribution in [0.3, 0.4) is 0 Å². The van der Waals surface area contributed by atoms with Crippen LogP contribution < -0.4 is 0 Å². The van der Waals surface area contributed by atoms with E-state index in [1.807, 2.05) is 0 Å². The first-order chi connectivity index (χ1) is 6.70. The van der Waals surface area contributed by atoms with Crippen LogP contribution in [0.5, 0.6) is 0 Å². The third-order valence-electron chi connectivity index (χ3n) is 1.32. The molecule has 0 aromatic rings. The Labute approximate surface area is 82.6 Å². The molecule has 80 valence electrons. The summed E-state index contributed by atoms with van der Waals surface area (Å²) in [4.78, 5) is 21.1. The summed E-state index contributed by atoms with van der Waals surface area (Å²) in [7, 11) is 1.31. The Hall–Kier alpha value is -1.36. The van der Waals surface area contributed by atoms with Crippen molar-refractivity contribution in [1.29, 1.82) is 0 Å². The fourth-order valence-corrected chi connectivity index (χ4v) is 0.620. The lowest BCUT2D eigenvalue weighted by molar-refractivity contribution is -0.143. The van der Waals surface area contributed by atoms with E-state index in [1.165, 1.54) is 7.11 Å². The summed E-state index contributed by atoms with van der Waals surface area (Å²) in [5.74, 6) is -0.811. The Bertz CT molecular complexity index is 199. The first kappa shape index (κ1) is 12.6. The van der Waals surface area contributed by atoms with E-state index in [2.05, 4.69) is 16.1 Å². The van der Waals surface area contributed by atoms with Gasteiger partial charge in [0.25, 0.3) is 0 Å². The first-order valence-electron chi connectivity index (χ1n) is 4.14. The molecular formula is C9H14O5. The van der Waals surface area contributed by atoms with Crippen LogP contribution in [0.1, 0.15) is 6.42 Å². The summed E-state index contributed by atoms with van der Waals surface area (Å²) >= 11 is 0. The van der Waals surface area contributed by atoms with E-state index in [0.29, 0.717) is 0 Å². The van der Waals surface area contributed by atoms with Gasteiger partial charge in [0.1, 0.15) is 6.61 Å². The second-order valence-electron chi connectivity index (χ2n) is 2.31. The molecule has 0 spiro atoms. The van der Waals surface area contributed by atoms with Gasteiger partial charge < -0.3 is 14.2 Å². The number of hydrogen-bond donors (Lipinski definition) is 0. The van der Waals surface area contributed by atoms with E-state index in [9.17, 15) is 9.59 Å². The van der Waals surface area contributed by atoms with Crippen molar-refractivity contribution in [3.63, 3.8) is 0 Å². The number of hydrogen-bond acceptors (Lipinski definition) is 5. The van der Waals surface area contributed by atoms with E-state index in [0.717, 1.165) is 6.08 Å². The highest BCUT2D eigenvalue weighted by atomic mass is 16.6. The fraction of sp³-hybridized carbons (Fsp3) is 0.556. The van der Waals surface area contributed by atoms with Crippen molar-refractivity contribution in [2.75, 3.05) is 26.9 Å². The molecule has 14 heavy (non-hydrogen) atoms. The zero-order valence-corrected chi connectivity index (χ0v) is 8.15. The molecule has 0 aliphatic carbocycles. The molecule has 0 unspecified atom stereocenters. The van der Waals surface area contributed by atoms with Gasteiger partial charge >= 0.3 is 11.9 Å². The van der Waals surface area contributed by atoms with Crippen molar-refractivity contribution in [3.8, 4) is 0 Å². The summed E-state index contributed by atoms with van der Waals surface area (Å²) in [6.07, 6.45) is 1.28. The summed E-state index contributed by atoms with van der Waals surface area (Å²) in [6, 6.07) is 0. The van der Waals surface area contributed by atoms with Gasteiger partial charge in [0, 0.05) is 6.08 Å². The van der Waals surface area contributed by atoms with Crippen molar-refractivity contribution in [3.05, 3.63) is 12.7 Å². The maximum absolute atomic E-state index is 10.6. The quantitative estimate of drug-likeness (QED) is 0.337. The van der Waals surface area contributed by atoms with Crippen LogP contribution in [0.25, 0.3) is 0 Å². The zero-order chi connectivity index (χ0) is 10.8. The van der Waals surface area contributed by atoms with Gasteiger partial charge in [0.05, 0.1) is 26.7 Å². The molecule has 5 nitrogen and oxygen atoms in total. The Morgan fingerprint density at radius 1 is 1.29 bits per heavy atom. The van der Waals surface area contributed by atoms with Crippen molar-refractivity contribution in [2.45, 2.75) is 6.42 Å². The van der Waals surface area contributed by atoms with E-state index < -0.39 is 5.97 Å². The lowest BCUT2D eigenvalue weighted by Gasteiger charge is -2.03. The van der Waals surface area contributed by atoms with Crippen LogP contribution >= 0.6 is 0 Å². The number of esters is 2. The minimum atomic E-state index is -0.485. The standard InChI is InChI=1S/C9H14O5/c1-3-8(10)14-7-6-13-5-4-9(11)12-2/h3H,1,4-7H2,2H3. The summed E-state index contributed by atoms with van der Waals surface area (Å²) in [5.41, 5.74) is 0. The van der Waals surface area contributed by atoms with Crippen LogP contribution in [-0.2, 0) is 23.8 Å². The predicted octanol–water partition coefficient (Wildman–Crippen LogP) is 0.295. The third-order valence-corrected chi connectivity index (χ3v) is 1.32. The molecule has 0 heterocycles. The Balaban J connectivity index is 3.18. The molecule has 0 fully saturated rings.